The Hall–Kier alpha value is -2.29. The van der Waals surface area contributed by atoms with Gasteiger partial charge >= 0.3 is 0 Å². The number of phenols is 1. The van der Waals surface area contributed by atoms with Crippen molar-refractivity contribution in [1.29, 1.82) is 0 Å². The molecule has 19 heavy (non-hydrogen) atoms. The maximum atomic E-state index is 11.8. The summed E-state index contributed by atoms with van der Waals surface area (Å²) in [6.07, 6.45) is 0.355. The quantitative estimate of drug-likeness (QED) is 0.882. The van der Waals surface area contributed by atoms with E-state index in [4.69, 9.17) is 0 Å². The summed E-state index contributed by atoms with van der Waals surface area (Å²) in [5, 5.41) is 12.4. The van der Waals surface area contributed by atoms with Crippen LogP contribution in [0.25, 0.3) is 0 Å². The number of hydrogen-bond acceptors (Lipinski definition) is 2. The number of para-hydroxylation sites is 1. The normalized spacial score (nSPS) is 10.2. The molecule has 2 rings (SSSR count). The second kappa shape index (κ2) is 6.05. The van der Waals surface area contributed by atoms with Gasteiger partial charge in [0.2, 0.25) is 5.91 Å². The molecule has 0 unspecified atom stereocenters. The van der Waals surface area contributed by atoms with Crippen molar-refractivity contribution in [2.45, 2.75) is 19.9 Å². The zero-order valence-corrected chi connectivity index (χ0v) is 10.9. The summed E-state index contributed by atoms with van der Waals surface area (Å²) in [5.74, 6) is 0.158. The Kier molecular flexibility index (Phi) is 4.18. The SMILES string of the molecule is Cc1ccc(CC(=O)NCc2ccccc2O)cc1. The van der Waals surface area contributed by atoms with Crippen LogP contribution in [0, 0.1) is 6.92 Å². The molecule has 1 amide bonds. The highest BCUT2D eigenvalue weighted by molar-refractivity contribution is 5.78. The molecule has 2 N–H and O–H groups in total. The minimum atomic E-state index is -0.0490. The molecule has 0 heterocycles. The van der Waals surface area contributed by atoms with E-state index < -0.39 is 0 Å². The lowest BCUT2D eigenvalue weighted by Gasteiger charge is -2.07. The summed E-state index contributed by atoms with van der Waals surface area (Å²) < 4.78 is 0. The van der Waals surface area contributed by atoms with Crippen molar-refractivity contribution < 1.29 is 9.90 Å². The second-order valence-corrected chi connectivity index (χ2v) is 4.57. The van der Waals surface area contributed by atoms with Crippen LogP contribution in [0.4, 0.5) is 0 Å². The molecule has 0 aliphatic carbocycles. The van der Waals surface area contributed by atoms with Gasteiger partial charge in [0.1, 0.15) is 5.75 Å². The summed E-state index contributed by atoms with van der Waals surface area (Å²) >= 11 is 0. The maximum absolute atomic E-state index is 11.8. The first-order valence-electron chi connectivity index (χ1n) is 6.24. The van der Waals surface area contributed by atoms with Gasteiger partial charge < -0.3 is 10.4 Å². The molecule has 98 valence electrons. The number of aryl methyl sites for hydroxylation is 1. The number of nitrogens with one attached hydrogen (secondary N) is 1. The van der Waals surface area contributed by atoms with E-state index in [2.05, 4.69) is 5.32 Å². The summed E-state index contributed by atoms with van der Waals surface area (Å²) in [4.78, 5) is 11.8. The Bertz CT molecular complexity index is 561. The molecule has 0 aliphatic heterocycles. The second-order valence-electron chi connectivity index (χ2n) is 4.57. The van der Waals surface area contributed by atoms with Gasteiger partial charge in [0.25, 0.3) is 0 Å². The molecule has 0 atom stereocenters. The van der Waals surface area contributed by atoms with Crippen LogP contribution in [0.2, 0.25) is 0 Å². The molecule has 0 bridgehead atoms. The minimum absolute atomic E-state index is 0.0490. The van der Waals surface area contributed by atoms with Gasteiger partial charge in [-0.05, 0) is 18.6 Å². The average molecular weight is 255 g/mol. The molecule has 0 saturated carbocycles. The van der Waals surface area contributed by atoms with Gasteiger partial charge in [0.05, 0.1) is 6.42 Å². The number of carbonyl (C=O) groups excluding carboxylic acids is 1. The Morgan fingerprint density at radius 2 is 1.79 bits per heavy atom. The zero-order valence-electron chi connectivity index (χ0n) is 10.9. The predicted molar refractivity (Wildman–Crippen MR) is 74.8 cm³/mol. The number of amides is 1. The number of benzene rings is 2. The van der Waals surface area contributed by atoms with Crippen molar-refractivity contribution in [1.82, 2.24) is 5.32 Å². The van der Waals surface area contributed by atoms with Crippen LogP contribution in [-0.2, 0) is 17.8 Å². The van der Waals surface area contributed by atoms with Crippen molar-refractivity contribution in [2.75, 3.05) is 0 Å². The van der Waals surface area contributed by atoms with E-state index in [1.54, 1.807) is 18.2 Å². The van der Waals surface area contributed by atoms with E-state index in [0.717, 1.165) is 11.1 Å². The predicted octanol–water partition coefficient (Wildman–Crippen LogP) is 2.56. The van der Waals surface area contributed by atoms with Crippen molar-refractivity contribution in [3.05, 3.63) is 65.2 Å². The van der Waals surface area contributed by atoms with Gasteiger partial charge in [-0.15, -0.1) is 0 Å². The maximum Gasteiger partial charge on any atom is 0.224 e. The van der Waals surface area contributed by atoms with Gasteiger partial charge in [-0.2, -0.15) is 0 Å². The summed E-state index contributed by atoms with van der Waals surface area (Å²) in [7, 11) is 0. The molecule has 3 nitrogen and oxygen atoms in total. The third-order valence-corrected chi connectivity index (χ3v) is 2.95. The average Bonchev–Trinajstić information content (AvgIpc) is 2.40. The van der Waals surface area contributed by atoms with Crippen LogP contribution >= 0.6 is 0 Å². The van der Waals surface area contributed by atoms with Gasteiger partial charge in [0.15, 0.2) is 0 Å². The summed E-state index contributed by atoms with van der Waals surface area (Å²) in [5.41, 5.74) is 2.89. The topological polar surface area (TPSA) is 49.3 Å². The Morgan fingerprint density at radius 1 is 1.11 bits per heavy atom. The van der Waals surface area contributed by atoms with Crippen LogP contribution in [-0.4, -0.2) is 11.0 Å². The lowest BCUT2D eigenvalue weighted by atomic mass is 10.1. The third kappa shape index (κ3) is 3.85. The highest BCUT2D eigenvalue weighted by Gasteiger charge is 2.05. The van der Waals surface area contributed by atoms with E-state index in [1.807, 2.05) is 37.3 Å². The lowest BCUT2D eigenvalue weighted by molar-refractivity contribution is -0.120. The van der Waals surface area contributed by atoms with Crippen LogP contribution in [0.5, 0.6) is 5.75 Å². The highest BCUT2D eigenvalue weighted by atomic mass is 16.3. The molecule has 3 heteroatoms. The number of phenolic OH excluding ortho intramolecular Hbond substituents is 1. The minimum Gasteiger partial charge on any atom is -0.508 e. The monoisotopic (exact) mass is 255 g/mol. The van der Waals surface area contributed by atoms with Crippen molar-refractivity contribution in [2.24, 2.45) is 0 Å². The zero-order chi connectivity index (χ0) is 13.7. The van der Waals surface area contributed by atoms with Crippen molar-refractivity contribution in [3.8, 4) is 5.75 Å². The van der Waals surface area contributed by atoms with Crippen LogP contribution in [0.3, 0.4) is 0 Å². The molecule has 0 saturated heterocycles. The Balaban J connectivity index is 1.88. The first kappa shape index (κ1) is 13.1. The number of rotatable bonds is 4. The van der Waals surface area contributed by atoms with Crippen molar-refractivity contribution in [3.63, 3.8) is 0 Å². The molecular formula is C16H17NO2. The Morgan fingerprint density at radius 3 is 2.47 bits per heavy atom. The van der Waals surface area contributed by atoms with Crippen LogP contribution in [0.1, 0.15) is 16.7 Å². The highest BCUT2D eigenvalue weighted by Crippen LogP contribution is 2.14. The molecule has 2 aromatic carbocycles. The van der Waals surface area contributed by atoms with Gasteiger partial charge in [-0.3, -0.25) is 4.79 Å². The lowest BCUT2D eigenvalue weighted by Crippen LogP contribution is -2.24. The Labute approximate surface area is 112 Å². The summed E-state index contributed by atoms with van der Waals surface area (Å²) in [6, 6.07) is 14.9. The molecule has 0 aliphatic rings. The number of hydrogen-bond donors (Lipinski definition) is 2. The van der Waals surface area contributed by atoms with E-state index >= 15 is 0 Å². The van der Waals surface area contributed by atoms with E-state index in [1.165, 1.54) is 5.56 Å². The standard InChI is InChI=1S/C16H17NO2/c1-12-6-8-13(9-7-12)10-16(19)17-11-14-4-2-3-5-15(14)18/h2-9,18H,10-11H2,1H3,(H,17,19). The number of aromatic hydroxyl groups is 1. The fourth-order valence-electron chi connectivity index (χ4n) is 1.81. The largest absolute Gasteiger partial charge is 0.508 e. The van der Waals surface area contributed by atoms with E-state index in [-0.39, 0.29) is 11.7 Å². The fourth-order valence-corrected chi connectivity index (χ4v) is 1.81. The molecular weight excluding hydrogens is 238 g/mol. The number of carbonyl (C=O) groups is 1. The van der Waals surface area contributed by atoms with Crippen molar-refractivity contribution >= 4 is 5.91 Å². The summed E-state index contributed by atoms with van der Waals surface area (Å²) in [6.45, 7) is 2.36. The van der Waals surface area contributed by atoms with E-state index in [0.29, 0.717) is 13.0 Å². The molecule has 0 spiro atoms. The fraction of sp³-hybridized carbons (Fsp3) is 0.188. The first-order chi connectivity index (χ1) is 9.15. The molecule has 2 aromatic rings. The van der Waals surface area contributed by atoms with E-state index in [9.17, 15) is 9.90 Å². The van der Waals surface area contributed by atoms with Crippen LogP contribution in [0.15, 0.2) is 48.5 Å². The van der Waals surface area contributed by atoms with Gasteiger partial charge in [-0.1, -0.05) is 48.0 Å². The van der Waals surface area contributed by atoms with Crippen LogP contribution < -0.4 is 5.32 Å². The molecule has 0 radical (unpaired) electrons. The molecule has 0 aromatic heterocycles. The molecule has 0 fully saturated rings. The smallest absolute Gasteiger partial charge is 0.224 e. The third-order valence-electron chi connectivity index (χ3n) is 2.95. The first-order valence-corrected chi connectivity index (χ1v) is 6.24. The van der Waals surface area contributed by atoms with Gasteiger partial charge in [-0.25, -0.2) is 0 Å². The van der Waals surface area contributed by atoms with Gasteiger partial charge in [0, 0.05) is 12.1 Å².